The highest BCUT2D eigenvalue weighted by molar-refractivity contribution is 7.71. The Morgan fingerprint density at radius 2 is 1.72 bits per heavy atom. The van der Waals surface area contributed by atoms with E-state index in [0.29, 0.717) is 0 Å². The van der Waals surface area contributed by atoms with Crippen LogP contribution < -0.4 is 0 Å². The average Bonchev–Trinajstić information content (AvgIpc) is 3.05. The van der Waals surface area contributed by atoms with E-state index < -0.39 is 0 Å². The zero-order chi connectivity index (χ0) is 19.8. The molecule has 0 spiro atoms. The predicted octanol–water partition coefficient (Wildman–Crippen LogP) is 5.24. The topological polar surface area (TPSA) is 25.5 Å². The molecule has 1 fully saturated rings. The van der Waals surface area contributed by atoms with Crippen LogP contribution in [0.5, 0.6) is 0 Å². The van der Waals surface area contributed by atoms with Gasteiger partial charge in [0.1, 0.15) is 0 Å². The van der Waals surface area contributed by atoms with Gasteiger partial charge in [0.15, 0.2) is 5.65 Å². The van der Waals surface area contributed by atoms with Crippen LogP contribution in [0.2, 0.25) is 0 Å². The summed E-state index contributed by atoms with van der Waals surface area (Å²) in [4.78, 5) is 2.48. The molecule has 2 aromatic carbocycles. The van der Waals surface area contributed by atoms with Crippen molar-refractivity contribution in [2.24, 2.45) is 5.92 Å². The lowest BCUT2D eigenvalue weighted by Crippen LogP contribution is -2.36. The predicted molar refractivity (Wildman–Crippen MR) is 121 cm³/mol. The van der Waals surface area contributed by atoms with Gasteiger partial charge in [0.25, 0.3) is 0 Å². The molecule has 1 aliphatic rings. The Bertz CT molecular complexity index is 1200. The monoisotopic (exact) mass is 402 g/mol. The van der Waals surface area contributed by atoms with Crippen molar-refractivity contribution in [3.63, 3.8) is 0 Å². The van der Waals surface area contributed by atoms with E-state index in [2.05, 4.69) is 76.9 Å². The molecule has 2 aromatic heterocycles. The molecule has 0 atom stereocenters. The van der Waals surface area contributed by atoms with Gasteiger partial charge in [0.05, 0.1) is 12.2 Å². The van der Waals surface area contributed by atoms with Crippen LogP contribution >= 0.6 is 12.2 Å². The Balaban J connectivity index is 1.33. The summed E-state index contributed by atoms with van der Waals surface area (Å²) in [7, 11) is 0. The number of fused-ring (bicyclic) bond motifs is 3. The van der Waals surface area contributed by atoms with E-state index in [-0.39, 0.29) is 0 Å². The summed E-state index contributed by atoms with van der Waals surface area (Å²) in [6.07, 6.45) is 3.66. The van der Waals surface area contributed by atoms with Crippen LogP contribution in [-0.2, 0) is 13.1 Å². The molecule has 1 aliphatic heterocycles. The molecule has 3 heterocycles. The lowest BCUT2D eigenvalue weighted by atomic mass is 9.90. The second-order valence-electron chi connectivity index (χ2n) is 8.21. The third-order valence-electron chi connectivity index (χ3n) is 6.19. The molecule has 4 aromatic rings. The van der Waals surface area contributed by atoms with Gasteiger partial charge in [-0.2, -0.15) is 5.10 Å². The van der Waals surface area contributed by atoms with Crippen LogP contribution in [0.15, 0.2) is 60.7 Å². The quantitative estimate of drug-likeness (QED) is 0.437. The summed E-state index contributed by atoms with van der Waals surface area (Å²) < 4.78 is 4.89. The highest BCUT2D eigenvalue weighted by Crippen LogP contribution is 2.24. The first-order valence-corrected chi connectivity index (χ1v) is 10.8. The van der Waals surface area contributed by atoms with Gasteiger partial charge in [-0.3, -0.25) is 9.30 Å². The Hall–Kier alpha value is -2.50. The van der Waals surface area contributed by atoms with Gasteiger partial charge >= 0.3 is 0 Å². The van der Waals surface area contributed by atoms with E-state index in [1.807, 2.05) is 4.68 Å². The van der Waals surface area contributed by atoms with E-state index in [9.17, 15) is 0 Å². The molecule has 0 radical (unpaired) electrons. The minimum Gasteiger partial charge on any atom is -0.284 e. The molecule has 0 unspecified atom stereocenters. The summed E-state index contributed by atoms with van der Waals surface area (Å²) in [5, 5.41) is 6.07. The maximum absolute atomic E-state index is 5.81. The normalized spacial score (nSPS) is 16.0. The first kappa shape index (κ1) is 18.5. The summed E-state index contributed by atoms with van der Waals surface area (Å²) in [6.45, 7) is 5.12. The minimum absolute atomic E-state index is 0.770. The summed E-state index contributed by atoms with van der Waals surface area (Å²) >= 11 is 5.81. The van der Waals surface area contributed by atoms with Crippen LogP contribution in [0.4, 0.5) is 0 Å². The van der Waals surface area contributed by atoms with Gasteiger partial charge in [0.2, 0.25) is 4.77 Å². The van der Waals surface area contributed by atoms with Crippen molar-refractivity contribution < 1.29 is 0 Å². The Labute approximate surface area is 176 Å². The second kappa shape index (κ2) is 7.73. The maximum atomic E-state index is 5.81. The highest BCUT2D eigenvalue weighted by atomic mass is 32.1. The highest BCUT2D eigenvalue weighted by Gasteiger charge is 2.20. The van der Waals surface area contributed by atoms with Crippen molar-refractivity contribution in [2.45, 2.75) is 32.9 Å². The molecule has 0 N–H and O–H groups in total. The molecule has 4 nitrogen and oxygen atoms in total. The fourth-order valence-corrected chi connectivity index (χ4v) is 4.87. The number of para-hydroxylation sites is 1. The number of hydrogen-bond acceptors (Lipinski definition) is 3. The van der Waals surface area contributed by atoms with Crippen LogP contribution in [0, 0.1) is 17.6 Å². The number of pyridine rings is 1. The van der Waals surface area contributed by atoms with Gasteiger partial charge in [0, 0.05) is 18.5 Å². The average molecular weight is 403 g/mol. The van der Waals surface area contributed by atoms with E-state index in [1.54, 1.807) is 0 Å². The molecule has 148 valence electrons. The van der Waals surface area contributed by atoms with Gasteiger partial charge in [-0.1, -0.05) is 48.5 Å². The number of aromatic nitrogens is 3. The number of likely N-dealkylation sites (tertiary alicyclic amines) is 1. The van der Waals surface area contributed by atoms with Crippen LogP contribution in [-0.4, -0.2) is 32.2 Å². The standard InChI is InChI=1S/C24H26N4S/c1-18-15-23-25-27(24(29)28(23)22-10-6-5-9-21(18)22)17-26-13-11-20(12-14-26)16-19-7-3-2-4-8-19/h2-10,15,20H,11-14,16-17H2,1H3. The number of rotatable bonds is 4. The second-order valence-corrected chi connectivity index (χ2v) is 8.58. The summed E-state index contributed by atoms with van der Waals surface area (Å²) in [5.41, 5.74) is 4.77. The van der Waals surface area contributed by atoms with E-state index in [0.717, 1.165) is 41.6 Å². The molecular formula is C24H26N4S. The number of hydrogen-bond donors (Lipinski definition) is 0. The van der Waals surface area contributed by atoms with Crippen molar-refractivity contribution >= 4 is 28.8 Å². The fourth-order valence-electron chi connectivity index (χ4n) is 4.58. The summed E-state index contributed by atoms with van der Waals surface area (Å²) in [6, 6.07) is 21.4. The molecule has 5 rings (SSSR count). The Kier molecular flexibility index (Phi) is 4.94. The molecule has 0 aliphatic carbocycles. The summed E-state index contributed by atoms with van der Waals surface area (Å²) in [5.74, 6) is 0.772. The van der Waals surface area contributed by atoms with E-state index in [1.165, 1.54) is 35.8 Å². The van der Waals surface area contributed by atoms with Crippen LogP contribution in [0.1, 0.15) is 24.0 Å². The number of aryl methyl sites for hydroxylation is 1. The van der Waals surface area contributed by atoms with Crippen molar-refractivity contribution in [2.75, 3.05) is 13.1 Å². The van der Waals surface area contributed by atoms with Gasteiger partial charge in [-0.05, 0) is 67.6 Å². The van der Waals surface area contributed by atoms with E-state index >= 15 is 0 Å². The number of benzene rings is 2. The van der Waals surface area contributed by atoms with Gasteiger partial charge in [-0.15, -0.1) is 0 Å². The van der Waals surface area contributed by atoms with Crippen molar-refractivity contribution in [1.29, 1.82) is 0 Å². The SMILES string of the molecule is Cc1cc2nn(CN3CCC(Cc4ccccc4)CC3)c(=S)n2c2ccccc12. The first-order valence-electron chi connectivity index (χ1n) is 10.4. The lowest BCUT2D eigenvalue weighted by molar-refractivity contribution is 0.140. The molecule has 0 amide bonds. The Morgan fingerprint density at radius 1 is 1.00 bits per heavy atom. The molecular weight excluding hydrogens is 376 g/mol. The molecule has 5 heteroatoms. The van der Waals surface area contributed by atoms with Crippen LogP contribution in [0.25, 0.3) is 16.6 Å². The van der Waals surface area contributed by atoms with E-state index in [4.69, 9.17) is 17.3 Å². The zero-order valence-electron chi connectivity index (χ0n) is 16.8. The van der Waals surface area contributed by atoms with Crippen molar-refractivity contribution in [3.8, 4) is 0 Å². The first-order chi connectivity index (χ1) is 14.2. The smallest absolute Gasteiger partial charge is 0.204 e. The number of piperidine rings is 1. The Morgan fingerprint density at radius 3 is 2.52 bits per heavy atom. The minimum atomic E-state index is 0.770. The zero-order valence-corrected chi connectivity index (χ0v) is 17.6. The van der Waals surface area contributed by atoms with Crippen molar-refractivity contribution in [3.05, 3.63) is 76.6 Å². The molecule has 0 bridgehead atoms. The van der Waals surface area contributed by atoms with Crippen LogP contribution in [0.3, 0.4) is 0 Å². The van der Waals surface area contributed by atoms with Gasteiger partial charge < -0.3 is 0 Å². The van der Waals surface area contributed by atoms with Gasteiger partial charge in [-0.25, -0.2) is 4.68 Å². The molecule has 1 saturated heterocycles. The lowest BCUT2D eigenvalue weighted by Gasteiger charge is -2.31. The largest absolute Gasteiger partial charge is 0.284 e. The maximum Gasteiger partial charge on any atom is 0.204 e. The van der Waals surface area contributed by atoms with Crippen molar-refractivity contribution in [1.82, 2.24) is 19.1 Å². The number of nitrogens with zero attached hydrogens (tertiary/aromatic N) is 4. The third kappa shape index (κ3) is 3.61. The molecule has 0 saturated carbocycles. The third-order valence-corrected chi connectivity index (χ3v) is 6.58. The molecule has 29 heavy (non-hydrogen) atoms. The fraction of sp³-hybridized carbons (Fsp3) is 0.333.